The first-order chi connectivity index (χ1) is 13.6. The van der Waals surface area contributed by atoms with Crippen molar-refractivity contribution in [3.8, 4) is 5.75 Å². The summed E-state index contributed by atoms with van der Waals surface area (Å²) in [6.45, 7) is 3.64. The van der Waals surface area contributed by atoms with E-state index in [1.807, 2.05) is 0 Å². The number of rotatable bonds is 8. The lowest BCUT2D eigenvalue weighted by molar-refractivity contribution is -0.111. The molecule has 0 radical (unpaired) electrons. The molecule has 0 bridgehead atoms. The lowest BCUT2D eigenvalue weighted by Crippen LogP contribution is -2.40. The summed E-state index contributed by atoms with van der Waals surface area (Å²) in [6, 6.07) is 9.08. The first-order valence-electron chi connectivity index (χ1n) is 9.16. The molecular weight excluding hydrogens is 373 g/mol. The molecule has 154 valence electrons. The van der Waals surface area contributed by atoms with Gasteiger partial charge in [0, 0.05) is 18.3 Å². The molecule has 0 saturated carbocycles. The fourth-order valence-electron chi connectivity index (χ4n) is 2.71. The first-order valence-corrected chi connectivity index (χ1v) is 9.16. The molecule has 0 heterocycles. The molecule has 0 fully saturated rings. The number of allylic oxidation sites excluding steroid dienone is 1. The van der Waals surface area contributed by atoms with E-state index >= 15 is 0 Å². The van der Waals surface area contributed by atoms with E-state index in [4.69, 9.17) is 15.9 Å². The predicted molar refractivity (Wildman–Crippen MR) is 112 cm³/mol. The molecule has 2 aromatic carbocycles. The molecule has 0 aromatic heterocycles. The third-order valence-electron chi connectivity index (χ3n) is 4.28. The molecule has 0 aliphatic rings. The monoisotopic (exact) mass is 400 g/mol. The maximum Gasteiger partial charge on any atom is 0.255 e. The lowest BCUT2D eigenvalue weighted by Gasteiger charge is -2.18. The number of nitrogens with one attached hydrogen (secondary N) is 1. The van der Waals surface area contributed by atoms with Gasteiger partial charge in [0.25, 0.3) is 5.91 Å². The van der Waals surface area contributed by atoms with Crippen molar-refractivity contribution in [2.75, 3.05) is 19.4 Å². The zero-order chi connectivity index (χ0) is 21.6. The quantitative estimate of drug-likeness (QED) is 0.398. The van der Waals surface area contributed by atoms with Gasteiger partial charge in [-0.25, -0.2) is 4.39 Å². The highest BCUT2D eigenvalue weighted by atomic mass is 19.1. The van der Waals surface area contributed by atoms with Crippen molar-refractivity contribution in [1.82, 2.24) is 5.32 Å². The smallest absolute Gasteiger partial charge is 0.255 e. The Morgan fingerprint density at radius 3 is 2.52 bits per heavy atom. The van der Waals surface area contributed by atoms with Crippen molar-refractivity contribution < 1.29 is 24.4 Å². The highest BCUT2D eigenvalue weighted by Gasteiger charge is 2.23. The van der Waals surface area contributed by atoms with Gasteiger partial charge >= 0.3 is 0 Å². The van der Waals surface area contributed by atoms with Crippen LogP contribution in [-0.2, 0) is 0 Å². The van der Waals surface area contributed by atoms with E-state index in [0.29, 0.717) is 29.9 Å². The Bertz CT molecular complexity index is 916. The molecule has 2 rings (SSSR count). The number of hydrogen-bond donors (Lipinski definition) is 4. The summed E-state index contributed by atoms with van der Waals surface area (Å²) in [5.41, 5.74) is 7.30. The second kappa shape index (κ2) is 9.34. The predicted octanol–water partition coefficient (Wildman–Crippen LogP) is 1.57. The number of hydrogen-bond acceptors (Lipinski definition) is 4. The molecule has 6 N–H and O–H groups in total. The van der Waals surface area contributed by atoms with Crippen molar-refractivity contribution in [1.29, 1.82) is 0 Å². The number of benzene rings is 2. The van der Waals surface area contributed by atoms with E-state index in [9.17, 15) is 14.3 Å². The van der Waals surface area contributed by atoms with Crippen LogP contribution in [-0.4, -0.2) is 36.0 Å². The van der Waals surface area contributed by atoms with Crippen LogP contribution >= 0.6 is 0 Å². The second-order valence-corrected chi connectivity index (χ2v) is 7.27. The Labute approximate surface area is 169 Å². The van der Waals surface area contributed by atoms with Gasteiger partial charge in [-0.3, -0.25) is 10.2 Å². The number of anilines is 1. The number of nitrogen functional groups attached to an aromatic ring is 1. The number of ether oxygens (including phenoxy) is 1. The van der Waals surface area contributed by atoms with Crippen molar-refractivity contribution in [2.45, 2.75) is 25.9 Å². The highest BCUT2D eigenvalue weighted by molar-refractivity contribution is 6.14. The lowest BCUT2D eigenvalue weighted by atomic mass is 10.0. The number of amides is 1. The molecular formula is C22H27FN3O3+. The number of methoxy groups -OCH3 is 1. The standard InChI is InChI=1S/C22H26FN3O3/c1-22(2,28)12-13-26-21(27)16-9-11-18(25)19(20(16)29-3)17(24)10-6-14-4-7-15(23)8-5-14/h4-11,24,28H,12-13,25H2,1-3H3,(H,26,27)/p+1/b10-6+,24-17?. The molecule has 7 heteroatoms. The average molecular weight is 400 g/mol. The molecule has 2 aromatic rings. The van der Waals surface area contributed by atoms with Crippen LogP contribution in [0.15, 0.2) is 42.5 Å². The van der Waals surface area contributed by atoms with Crippen LogP contribution in [0.5, 0.6) is 5.75 Å². The zero-order valence-corrected chi connectivity index (χ0v) is 16.8. The Morgan fingerprint density at radius 1 is 1.28 bits per heavy atom. The third kappa shape index (κ3) is 6.15. The molecule has 6 nitrogen and oxygen atoms in total. The molecule has 0 atom stereocenters. The van der Waals surface area contributed by atoms with E-state index < -0.39 is 5.60 Å². The molecule has 0 aliphatic carbocycles. The molecule has 29 heavy (non-hydrogen) atoms. The van der Waals surface area contributed by atoms with Crippen LogP contribution in [0.3, 0.4) is 0 Å². The van der Waals surface area contributed by atoms with Gasteiger partial charge < -0.3 is 20.9 Å². The van der Waals surface area contributed by atoms with Crippen molar-refractivity contribution in [3.63, 3.8) is 0 Å². The Balaban J connectivity index is 2.27. The van der Waals surface area contributed by atoms with Crippen LogP contribution in [0.1, 0.15) is 41.8 Å². The van der Waals surface area contributed by atoms with Gasteiger partial charge in [0.05, 0.1) is 18.3 Å². The zero-order valence-electron chi connectivity index (χ0n) is 16.8. The minimum Gasteiger partial charge on any atom is -0.495 e. The van der Waals surface area contributed by atoms with Crippen LogP contribution in [0.2, 0.25) is 0 Å². The van der Waals surface area contributed by atoms with Crippen molar-refractivity contribution in [2.24, 2.45) is 0 Å². The van der Waals surface area contributed by atoms with E-state index in [1.165, 1.54) is 19.2 Å². The Kier molecular flexibility index (Phi) is 7.12. The maximum absolute atomic E-state index is 13.0. The Morgan fingerprint density at radius 2 is 1.93 bits per heavy atom. The van der Waals surface area contributed by atoms with Crippen molar-refractivity contribution in [3.05, 3.63) is 65.0 Å². The number of aliphatic hydroxyl groups is 1. The van der Waals surface area contributed by atoms with Crippen molar-refractivity contribution >= 4 is 23.4 Å². The van der Waals surface area contributed by atoms with E-state index in [0.717, 1.165) is 5.56 Å². The van der Waals surface area contributed by atoms with Crippen LogP contribution in [0.4, 0.5) is 10.1 Å². The van der Waals surface area contributed by atoms with Gasteiger partial charge in [-0.2, -0.15) is 0 Å². The van der Waals surface area contributed by atoms with Gasteiger partial charge in [-0.15, -0.1) is 0 Å². The normalized spacial score (nSPS) is 11.5. The summed E-state index contributed by atoms with van der Waals surface area (Å²) >= 11 is 0. The summed E-state index contributed by atoms with van der Waals surface area (Å²) in [4.78, 5) is 12.6. The number of carbonyl (C=O) groups is 1. The largest absolute Gasteiger partial charge is 0.495 e. The summed E-state index contributed by atoms with van der Waals surface area (Å²) in [5, 5.41) is 18.7. The van der Waals surface area contributed by atoms with Gasteiger partial charge in [0.2, 0.25) is 5.71 Å². The van der Waals surface area contributed by atoms with Crippen LogP contribution in [0, 0.1) is 5.82 Å². The topological polar surface area (TPSA) is 110 Å². The summed E-state index contributed by atoms with van der Waals surface area (Å²) in [5.74, 6) is -0.428. The summed E-state index contributed by atoms with van der Waals surface area (Å²) in [7, 11) is 1.43. The highest BCUT2D eigenvalue weighted by Crippen LogP contribution is 2.29. The number of nitrogens with two attached hydrogens (primary N) is 2. The van der Waals surface area contributed by atoms with E-state index in [2.05, 4.69) is 5.32 Å². The van der Waals surface area contributed by atoms with Crippen LogP contribution in [0.25, 0.3) is 6.08 Å². The first kappa shape index (κ1) is 22.1. The maximum atomic E-state index is 13.0. The van der Waals surface area contributed by atoms with Gasteiger partial charge in [0.1, 0.15) is 17.1 Å². The third-order valence-corrected chi connectivity index (χ3v) is 4.28. The number of halogens is 1. The summed E-state index contributed by atoms with van der Waals surface area (Å²) in [6.07, 6.45) is 3.73. The van der Waals surface area contributed by atoms with Crippen LogP contribution < -0.4 is 21.2 Å². The molecule has 1 amide bonds. The molecule has 0 spiro atoms. The van der Waals surface area contributed by atoms with Gasteiger partial charge in [-0.1, -0.05) is 12.1 Å². The van der Waals surface area contributed by atoms with E-state index in [-0.39, 0.29) is 23.0 Å². The number of carbonyl (C=O) groups excluding carboxylic acids is 1. The fourth-order valence-corrected chi connectivity index (χ4v) is 2.71. The van der Waals surface area contributed by atoms with Gasteiger partial charge in [0.15, 0.2) is 0 Å². The van der Waals surface area contributed by atoms with E-state index in [1.54, 1.807) is 50.3 Å². The molecule has 0 unspecified atom stereocenters. The Hall–Kier alpha value is -3.19. The SMILES string of the molecule is COc1c(C(=O)NCCC(C)(C)O)ccc(N)c1C(=[NH2+])/C=C/c1ccc(F)cc1. The van der Waals surface area contributed by atoms with Gasteiger partial charge in [-0.05, 0) is 56.2 Å². The molecule has 0 saturated heterocycles. The summed E-state index contributed by atoms with van der Waals surface area (Å²) < 4.78 is 18.5. The minimum absolute atomic E-state index is 0.256. The molecule has 0 aliphatic heterocycles. The minimum atomic E-state index is -0.882. The second-order valence-electron chi connectivity index (χ2n) is 7.27. The average Bonchev–Trinajstić information content (AvgIpc) is 2.65. The fraction of sp³-hybridized carbons (Fsp3) is 0.273.